The maximum Gasteiger partial charge on any atom is 0.178 e. The fraction of sp³-hybridized carbons (Fsp3) is 0.643. The van der Waals surface area contributed by atoms with Gasteiger partial charge >= 0.3 is 0 Å². The first-order chi connectivity index (χ1) is 9.04. The summed E-state index contributed by atoms with van der Waals surface area (Å²) >= 11 is 1.43. The summed E-state index contributed by atoms with van der Waals surface area (Å²) in [7, 11) is 0. The fourth-order valence-electron chi connectivity index (χ4n) is 1.81. The smallest absolute Gasteiger partial charge is 0.178 e. The topological polar surface area (TPSA) is 62.3 Å². The predicted octanol–water partition coefficient (Wildman–Crippen LogP) is 3.62. The summed E-state index contributed by atoms with van der Waals surface area (Å²) < 4.78 is 5.81. The van der Waals surface area contributed by atoms with Crippen molar-refractivity contribution < 1.29 is 4.74 Å². The molecule has 0 saturated heterocycles. The number of nitrogens with zero attached hydrogens (tertiary/aromatic N) is 2. The molecule has 1 rings (SSSR count). The molecule has 0 amide bonds. The summed E-state index contributed by atoms with van der Waals surface area (Å²) in [6.07, 6.45) is 2.31. The highest BCUT2D eigenvalue weighted by molar-refractivity contribution is 7.17. The van der Waals surface area contributed by atoms with Crippen molar-refractivity contribution in [3.8, 4) is 11.8 Å². The molecule has 0 spiro atoms. The zero-order valence-electron chi connectivity index (χ0n) is 12.2. The lowest BCUT2D eigenvalue weighted by atomic mass is 10.3. The van der Waals surface area contributed by atoms with Crippen LogP contribution in [0.4, 0.5) is 10.7 Å². The molecule has 1 aromatic rings. The molecule has 0 aromatic carbocycles. The van der Waals surface area contributed by atoms with Crippen LogP contribution in [0, 0.1) is 11.3 Å². The van der Waals surface area contributed by atoms with E-state index >= 15 is 0 Å². The maximum atomic E-state index is 9.13. The molecule has 0 bridgehead atoms. The van der Waals surface area contributed by atoms with Crippen LogP contribution in [0.15, 0.2) is 0 Å². The number of thiophene rings is 1. The molecule has 0 fully saturated rings. The molecule has 0 aliphatic carbocycles. The highest BCUT2D eigenvalue weighted by atomic mass is 32.1. The Hall–Kier alpha value is -1.41. The van der Waals surface area contributed by atoms with Crippen molar-refractivity contribution in [2.75, 3.05) is 23.7 Å². The minimum absolute atomic E-state index is 0.0482. The number of hydrogen-bond donors (Lipinski definition) is 1. The lowest BCUT2D eigenvalue weighted by molar-refractivity contribution is 0.245. The van der Waals surface area contributed by atoms with Gasteiger partial charge in [-0.15, -0.1) is 11.3 Å². The second-order valence-corrected chi connectivity index (χ2v) is 5.69. The predicted molar refractivity (Wildman–Crippen MR) is 82.0 cm³/mol. The molecule has 0 aliphatic heterocycles. The molecule has 1 heterocycles. The Kier molecular flexibility index (Phi) is 5.97. The van der Waals surface area contributed by atoms with E-state index in [2.05, 4.69) is 24.8 Å². The minimum atomic E-state index is 0.0482. The Morgan fingerprint density at radius 2 is 2.11 bits per heavy atom. The lowest BCUT2D eigenvalue weighted by Crippen LogP contribution is -2.24. The van der Waals surface area contributed by atoms with Gasteiger partial charge in [-0.2, -0.15) is 5.26 Å². The van der Waals surface area contributed by atoms with Crippen LogP contribution in [-0.4, -0.2) is 19.2 Å². The molecule has 0 unspecified atom stereocenters. The third-order valence-corrected chi connectivity index (χ3v) is 3.94. The van der Waals surface area contributed by atoms with Gasteiger partial charge in [-0.05, 0) is 27.2 Å². The van der Waals surface area contributed by atoms with Crippen LogP contribution in [0.1, 0.15) is 45.4 Å². The Morgan fingerprint density at radius 1 is 1.42 bits per heavy atom. The Labute approximate surface area is 119 Å². The minimum Gasteiger partial charge on any atom is -0.486 e. The van der Waals surface area contributed by atoms with E-state index in [0.29, 0.717) is 16.3 Å². The van der Waals surface area contributed by atoms with E-state index in [9.17, 15) is 0 Å². The quantitative estimate of drug-likeness (QED) is 0.829. The second-order valence-electron chi connectivity index (χ2n) is 4.69. The molecule has 0 aliphatic rings. The average Bonchev–Trinajstić information content (AvgIpc) is 2.68. The van der Waals surface area contributed by atoms with Crippen molar-refractivity contribution >= 4 is 22.0 Å². The SMILES string of the molecule is CCCCN(CC)c1sc(C#N)c(N)c1OC(C)C. The summed E-state index contributed by atoms with van der Waals surface area (Å²) in [4.78, 5) is 2.78. The molecule has 0 saturated carbocycles. The number of unbranched alkanes of at least 4 members (excludes halogenated alkanes) is 1. The summed E-state index contributed by atoms with van der Waals surface area (Å²) in [5, 5.41) is 10.1. The van der Waals surface area contributed by atoms with Gasteiger partial charge < -0.3 is 15.4 Å². The van der Waals surface area contributed by atoms with E-state index in [1.807, 2.05) is 13.8 Å². The molecule has 106 valence electrons. The Balaban J connectivity index is 3.12. The van der Waals surface area contributed by atoms with E-state index in [-0.39, 0.29) is 6.10 Å². The van der Waals surface area contributed by atoms with Crippen LogP contribution in [0.2, 0.25) is 0 Å². The number of ether oxygens (including phenoxy) is 1. The van der Waals surface area contributed by atoms with E-state index in [4.69, 9.17) is 15.7 Å². The summed E-state index contributed by atoms with van der Waals surface area (Å²) in [6, 6.07) is 2.15. The number of nitrogens with two attached hydrogens (primary N) is 1. The van der Waals surface area contributed by atoms with Crippen LogP contribution in [0.3, 0.4) is 0 Å². The molecule has 5 heteroatoms. The Morgan fingerprint density at radius 3 is 2.58 bits per heavy atom. The van der Waals surface area contributed by atoms with Crippen molar-refractivity contribution in [3.63, 3.8) is 0 Å². The maximum absolute atomic E-state index is 9.13. The molecular formula is C14H23N3OS. The number of anilines is 2. The molecule has 4 nitrogen and oxygen atoms in total. The first-order valence-corrected chi connectivity index (χ1v) is 7.60. The van der Waals surface area contributed by atoms with Crippen molar-refractivity contribution in [2.45, 2.75) is 46.6 Å². The molecule has 0 radical (unpaired) electrons. The molecule has 1 aromatic heterocycles. The standard InChI is InChI=1S/C14H23N3OS/c1-5-7-8-17(6-2)14-13(18-10(3)4)12(16)11(9-15)19-14/h10H,5-8,16H2,1-4H3. The van der Waals surface area contributed by atoms with Crippen LogP contribution in [-0.2, 0) is 0 Å². The van der Waals surface area contributed by atoms with Crippen LogP contribution in [0.5, 0.6) is 5.75 Å². The first kappa shape index (κ1) is 15.6. The van der Waals surface area contributed by atoms with Crippen molar-refractivity contribution in [1.29, 1.82) is 5.26 Å². The number of nitriles is 1. The van der Waals surface area contributed by atoms with Gasteiger partial charge in [0.05, 0.1) is 6.10 Å². The Bertz CT molecular complexity index is 448. The van der Waals surface area contributed by atoms with Gasteiger partial charge in [0.1, 0.15) is 21.6 Å². The van der Waals surface area contributed by atoms with Crippen LogP contribution in [0.25, 0.3) is 0 Å². The zero-order valence-corrected chi connectivity index (χ0v) is 13.0. The van der Waals surface area contributed by atoms with Crippen molar-refractivity contribution in [3.05, 3.63) is 4.88 Å². The lowest BCUT2D eigenvalue weighted by Gasteiger charge is -2.23. The van der Waals surface area contributed by atoms with Gasteiger partial charge in [-0.1, -0.05) is 13.3 Å². The zero-order chi connectivity index (χ0) is 14.4. The second kappa shape index (κ2) is 7.25. The van der Waals surface area contributed by atoms with Crippen molar-refractivity contribution in [2.24, 2.45) is 0 Å². The molecule has 19 heavy (non-hydrogen) atoms. The van der Waals surface area contributed by atoms with Gasteiger partial charge in [-0.25, -0.2) is 0 Å². The number of rotatable bonds is 7. The molecule has 2 N–H and O–H groups in total. The van der Waals surface area contributed by atoms with Gasteiger partial charge in [0.25, 0.3) is 0 Å². The number of nitrogen functional groups attached to an aromatic ring is 1. The monoisotopic (exact) mass is 281 g/mol. The largest absolute Gasteiger partial charge is 0.486 e. The molecular weight excluding hydrogens is 258 g/mol. The molecule has 0 atom stereocenters. The normalized spacial score (nSPS) is 10.5. The van der Waals surface area contributed by atoms with Crippen molar-refractivity contribution in [1.82, 2.24) is 0 Å². The highest BCUT2D eigenvalue weighted by Crippen LogP contribution is 2.45. The van der Waals surface area contributed by atoms with Gasteiger partial charge in [0.2, 0.25) is 0 Å². The van der Waals surface area contributed by atoms with E-state index in [1.54, 1.807) is 0 Å². The van der Waals surface area contributed by atoms with Gasteiger partial charge in [-0.3, -0.25) is 0 Å². The summed E-state index contributed by atoms with van der Waals surface area (Å²) in [5.74, 6) is 0.675. The van der Waals surface area contributed by atoms with E-state index in [1.165, 1.54) is 11.3 Å². The van der Waals surface area contributed by atoms with E-state index in [0.717, 1.165) is 30.9 Å². The van der Waals surface area contributed by atoms with Crippen LogP contribution < -0.4 is 15.4 Å². The van der Waals surface area contributed by atoms with Gasteiger partial charge in [0, 0.05) is 13.1 Å². The highest BCUT2D eigenvalue weighted by Gasteiger charge is 2.22. The third kappa shape index (κ3) is 3.77. The third-order valence-electron chi connectivity index (χ3n) is 2.79. The summed E-state index contributed by atoms with van der Waals surface area (Å²) in [5.41, 5.74) is 6.50. The summed E-state index contributed by atoms with van der Waals surface area (Å²) in [6.45, 7) is 10.1. The average molecular weight is 281 g/mol. The first-order valence-electron chi connectivity index (χ1n) is 6.79. The van der Waals surface area contributed by atoms with Crippen LogP contribution >= 0.6 is 11.3 Å². The van der Waals surface area contributed by atoms with Gasteiger partial charge in [0.15, 0.2) is 5.75 Å². The number of hydrogen-bond acceptors (Lipinski definition) is 5. The fourth-order valence-corrected chi connectivity index (χ4v) is 2.85. The van der Waals surface area contributed by atoms with E-state index < -0.39 is 0 Å².